The molecule has 0 atom stereocenters. The summed E-state index contributed by atoms with van der Waals surface area (Å²) in [6.45, 7) is 2.10. The third-order valence-electron chi connectivity index (χ3n) is 2.08. The normalized spacial score (nSPS) is 10.1. The van der Waals surface area contributed by atoms with Crippen molar-refractivity contribution in [1.82, 2.24) is 9.97 Å². The molecule has 0 spiro atoms. The van der Waals surface area contributed by atoms with Gasteiger partial charge in [-0.05, 0) is 12.5 Å². The maximum atomic E-state index is 4.24. The molecule has 2 rings (SSSR count). The van der Waals surface area contributed by atoms with E-state index in [-0.39, 0.29) is 0 Å². The molecule has 0 unspecified atom stereocenters. The number of benzene rings is 1. The predicted molar refractivity (Wildman–Crippen MR) is 56.0 cm³/mol. The highest BCUT2D eigenvalue weighted by Crippen LogP contribution is 2.08. The van der Waals surface area contributed by atoms with Crippen molar-refractivity contribution < 1.29 is 0 Å². The van der Waals surface area contributed by atoms with Gasteiger partial charge in [0.15, 0.2) is 0 Å². The molecule has 2 nitrogen and oxygen atoms in total. The largest absolute Gasteiger partial charge is 0.261 e. The molecule has 0 fully saturated rings. The second kappa shape index (κ2) is 4.01. The third kappa shape index (κ3) is 2.16. The molecule has 0 saturated carbocycles. The smallest absolute Gasteiger partial charge is 0.0630 e. The van der Waals surface area contributed by atoms with Crippen molar-refractivity contribution in [3.63, 3.8) is 0 Å². The summed E-state index contributed by atoms with van der Waals surface area (Å²) in [5.74, 6) is 0. The van der Waals surface area contributed by atoms with Crippen LogP contribution < -0.4 is 0 Å². The molecule has 0 bridgehead atoms. The Labute approximate surface area is 83.7 Å². The lowest BCUT2D eigenvalue weighted by molar-refractivity contribution is 1.03. The first-order valence-electron chi connectivity index (χ1n) is 4.65. The fourth-order valence-corrected chi connectivity index (χ4v) is 1.45. The third-order valence-corrected chi connectivity index (χ3v) is 2.08. The van der Waals surface area contributed by atoms with E-state index in [1.54, 1.807) is 12.4 Å². The number of hydrogen-bond acceptors (Lipinski definition) is 2. The minimum atomic E-state index is 0.857. The highest BCUT2D eigenvalue weighted by Gasteiger charge is 1.96. The van der Waals surface area contributed by atoms with E-state index in [1.807, 2.05) is 6.20 Å². The summed E-state index contributed by atoms with van der Waals surface area (Å²) >= 11 is 0. The molecule has 0 aliphatic heterocycles. The molecule has 0 aliphatic carbocycles. The first kappa shape index (κ1) is 8.88. The summed E-state index contributed by atoms with van der Waals surface area (Å²) < 4.78 is 0. The lowest BCUT2D eigenvalue weighted by Crippen LogP contribution is -1.92. The van der Waals surface area contributed by atoms with Crippen LogP contribution in [0.5, 0.6) is 0 Å². The Balaban J connectivity index is 2.19. The Bertz CT molecular complexity index is 410. The van der Waals surface area contributed by atoms with E-state index < -0.39 is 0 Å². The zero-order valence-electron chi connectivity index (χ0n) is 8.14. The summed E-state index contributed by atoms with van der Waals surface area (Å²) in [4.78, 5) is 8.28. The van der Waals surface area contributed by atoms with Gasteiger partial charge in [-0.3, -0.25) is 9.97 Å². The highest BCUT2D eigenvalue weighted by atomic mass is 14.8. The highest BCUT2D eigenvalue weighted by molar-refractivity contribution is 5.25. The van der Waals surface area contributed by atoms with Gasteiger partial charge >= 0.3 is 0 Å². The van der Waals surface area contributed by atoms with Crippen molar-refractivity contribution >= 4 is 0 Å². The molecule has 2 aromatic rings. The molecule has 14 heavy (non-hydrogen) atoms. The van der Waals surface area contributed by atoms with Crippen molar-refractivity contribution in [2.75, 3.05) is 0 Å². The zero-order valence-corrected chi connectivity index (χ0v) is 8.14. The molecular formula is C12H12N2. The van der Waals surface area contributed by atoms with Crippen LogP contribution in [0.1, 0.15) is 16.8 Å². The lowest BCUT2D eigenvalue weighted by atomic mass is 10.1. The summed E-state index contributed by atoms with van der Waals surface area (Å²) in [6.07, 6.45) is 6.09. The molecule has 0 radical (unpaired) electrons. The minimum absolute atomic E-state index is 0.857. The molecule has 70 valence electrons. The van der Waals surface area contributed by atoms with Crippen molar-refractivity contribution in [2.24, 2.45) is 0 Å². The van der Waals surface area contributed by atoms with Gasteiger partial charge in [-0.25, -0.2) is 0 Å². The summed E-state index contributed by atoms with van der Waals surface area (Å²) in [5, 5.41) is 0. The first-order chi connectivity index (χ1) is 6.84. The maximum Gasteiger partial charge on any atom is 0.0630 e. The van der Waals surface area contributed by atoms with Gasteiger partial charge in [0, 0.05) is 25.0 Å². The van der Waals surface area contributed by atoms with Crippen LogP contribution in [0.4, 0.5) is 0 Å². The van der Waals surface area contributed by atoms with Gasteiger partial charge in [0.25, 0.3) is 0 Å². The van der Waals surface area contributed by atoms with Gasteiger partial charge in [0.1, 0.15) is 0 Å². The van der Waals surface area contributed by atoms with Gasteiger partial charge in [0.2, 0.25) is 0 Å². The van der Waals surface area contributed by atoms with Gasteiger partial charge in [-0.1, -0.05) is 29.8 Å². The van der Waals surface area contributed by atoms with E-state index >= 15 is 0 Å². The number of nitrogens with zero attached hydrogens (tertiary/aromatic N) is 2. The standard InChI is InChI=1S/C12H12N2/c1-10-3-2-4-11(7-10)8-12-9-13-5-6-14-12/h2-7,9H,8H2,1H3. The molecule has 1 heterocycles. The number of aromatic nitrogens is 2. The van der Waals surface area contributed by atoms with Crippen molar-refractivity contribution in [3.8, 4) is 0 Å². The average molecular weight is 184 g/mol. The van der Waals surface area contributed by atoms with Crippen molar-refractivity contribution in [1.29, 1.82) is 0 Å². The van der Waals surface area contributed by atoms with Crippen LogP contribution >= 0.6 is 0 Å². The molecule has 1 aromatic carbocycles. The Hall–Kier alpha value is -1.70. The topological polar surface area (TPSA) is 25.8 Å². The second-order valence-corrected chi connectivity index (χ2v) is 3.36. The fourth-order valence-electron chi connectivity index (χ4n) is 1.45. The Kier molecular flexibility index (Phi) is 2.54. The first-order valence-corrected chi connectivity index (χ1v) is 4.65. The van der Waals surface area contributed by atoms with Gasteiger partial charge in [-0.15, -0.1) is 0 Å². The molecule has 0 saturated heterocycles. The molecule has 0 amide bonds. The summed E-state index contributed by atoms with van der Waals surface area (Å²) in [7, 11) is 0. The van der Waals surface area contributed by atoms with Crippen LogP contribution in [-0.4, -0.2) is 9.97 Å². The van der Waals surface area contributed by atoms with Gasteiger partial charge in [0.05, 0.1) is 5.69 Å². The molecular weight excluding hydrogens is 172 g/mol. The minimum Gasteiger partial charge on any atom is -0.261 e. The van der Waals surface area contributed by atoms with Crippen molar-refractivity contribution in [2.45, 2.75) is 13.3 Å². The van der Waals surface area contributed by atoms with E-state index in [9.17, 15) is 0 Å². The van der Waals surface area contributed by atoms with E-state index in [1.165, 1.54) is 11.1 Å². The SMILES string of the molecule is Cc1cccc(Cc2cnccn2)c1. The quantitative estimate of drug-likeness (QED) is 0.716. The van der Waals surface area contributed by atoms with Crippen LogP contribution in [-0.2, 0) is 6.42 Å². The molecule has 2 heteroatoms. The van der Waals surface area contributed by atoms with E-state index in [0.717, 1.165) is 12.1 Å². The monoisotopic (exact) mass is 184 g/mol. The maximum absolute atomic E-state index is 4.24. The van der Waals surface area contributed by atoms with Crippen molar-refractivity contribution in [3.05, 3.63) is 59.7 Å². The van der Waals surface area contributed by atoms with Crippen LogP contribution in [0, 0.1) is 6.92 Å². The Morgan fingerprint density at radius 3 is 2.86 bits per heavy atom. The summed E-state index contributed by atoms with van der Waals surface area (Å²) in [6, 6.07) is 8.46. The summed E-state index contributed by atoms with van der Waals surface area (Å²) in [5.41, 5.74) is 3.58. The molecule has 0 N–H and O–H groups in total. The number of aryl methyl sites for hydroxylation is 1. The average Bonchev–Trinajstić information content (AvgIpc) is 2.19. The molecule has 0 aliphatic rings. The fraction of sp³-hybridized carbons (Fsp3) is 0.167. The number of hydrogen-bond donors (Lipinski definition) is 0. The van der Waals surface area contributed by atoms with E-state index in [2.05, 4.69) is 41.2 Å². The van der Waals surface area contributed by atoms with Gasteiger partial charge in [-0.2, -0.15) is 0 Å². The Morgan fingerprint density at radius 2 is 2.14 bits per heavy atom. The Morgan fingerprint density at radius 1 is 1.21 bits per heavy atom. The lowest BCUT2D eigenvalue weighted by Gasteiger charge is -2.01. The molecule has 1 aromatic heterocycles. The zero-order chi connectivity index (χ0) is 9.80. The van der Waals surface area contributed by atoms with Gasteiger partial charge < -0.3 is 0 Å². The van der Waals surface area contributed by atoms with E-state index in [4.69, 9.17) is 0 Å². The van der Waals surface area contributed by atoms with Crippen LogP contribution in [0.2, 0.25) is 0 Å². The van der Waals surface area contributed by atoms with Crippen LogP contribution in [0.25, 0.3) is 0 Å². The van der Waals surface area contributed by atoms with E-state index in [0.29, 0.717) is 0 Å². The number of rotatable bonds is 2. The van der Waals surface area contributed by atoms with Crippen LogP contribution in [0.15, 0.2) is 42.9 Å². The second-order valence-electron chi connectivity index (χ2n) is 3.36. The van der Waals surface area contributed by atoms with Crippen LogP contribution in [0.3, 0.4) is 0 Å². The predicted octanol–water partition coefficient (Wildman–Crippen LogP) is 2.38.